The highest BCUT2D eigenvalue weighted by atomic mass is 32.2. The second-order valence-corrected chi connectivity index (χ2v) is 7.89. The minimum Gasteiger partial charge on any atom is -0.481 e. The maximum absolute atomic E-state index is 14.5. The molecule has 30 heavy (non-hydrogen) atoms. The van der Waals surface area contributed by atoms with Crippen molar-refractivity contribution in [3.63, 3.8) is 0 Å². The number of ether oxygens (including phenoxy) is 1. The van der Waals surface area contributed by atoms with Crippen molar-refractivity contribution in [3.05, 3.63) is 64.3 Å². The van der Waals surface area contributed by atoms with Crippen molar-refractivity contribution in [2.45, 2.75) is 11.4 Å². The number of hydrogen-bond donors (Lipinski definition) is 1. The van der Waals surface area contributed by atoms with E-state index in [2.05, 4.69) is 15.0 Å². The van der Waals surface area contributed by atoms with Crippen LogP contribution < -0.4 is 15.4 Å². The average Bonchev–Trinajstić information content (AvgIpc) is 2.70. The number of pyridine rings is 2. The lowest BCUT2D eigenvalue weighted by Crippen LogP contribution is -2.17. The van der Waals surface area contributed by atoms with Crippen LogP contribution in [-0.4, -0.2) is 35.0 Å². The highest BCUT2D eigenvalue weighted by Crippen LogP contribution is 2.25. The van der Waals surface area contributed by atoms with Crippen LogP contribution in [0.15, 0.2) is 46.5 Å². The molecule has 154 valence electrons. The number of nitrogens with two attached hydrogens (primary N) is 1. The van der Waals surface area contributed by atoms with E-state index >= 15 is 0 Å². The molecule has 1 aromatic carbocycles. The van der Waals surface area contributed by atoms with Crippen molar-refractivity contribution in [1.82, 2.24) is 19.5 Å². The van der Waals surface area contributed by atoms with Crippen molar-refractivity contribution < 1.29 is 21.9 Å². The van der Waals surface area contributed by atoms with Crippen LogP contribution in [0.1, 0.15) is 5.56 Å². The van der Waals surface area contributed by atoms with Crippen molar-refractivity contribution >= 4 is 32.0 Å². The number of aromatic nitrogens is 4. The standard InChI is InChI=1S/C18H13F2N5O4S/c1-29-15-3-2-10-16-11(6-22-17(10)24-15)18(26)23-8-25(16)7-12-13(19)4-9(5-14(12)20)30(21,27)28/h2-6,8H,7H2,1H3,(H2,21,27,28). The van der Waals surface area contributed by atoms with E-state index in [1.54, 1.807) is 12.1 Å². The highest BCUT2D eigenvalue weighted by Gasteiger charge is 2.19. The van der Waals surface area contributed by atoms with Gasteiger partial charge >= 0.3 is 0 Å². The molecule has 0 atom stereocenters. The molecule has 0 saturated carbocycles. The SMILES string of the molecule is COc1ccc2c(ncc3c(=O)ncn(Cc4c(F)cc(S(N)(=O)=O)cc4F)c32)n1. The van der Waals surface area contributed by atoms with E-state index < -0.39 is 37.7 Å². The number of halogens is 2. The lowest BCUT2D eigenvalue weighted by atomic mass is 10.1. The predicted octanol–water partition coefficient (Wildman–Crippen LogP) is 1.32. The molecule has 0 spiro atoms. The van der Waals surface area contributed by atoms with Gasteiger partial charge in [-0.3, -0.25) is 4.79 Å². The topological polar surface area (TPSA) is 130 Å². The Kier molecular flexibility index (Phi) is 4.67. The van der Waals surface area contributed by atoms with Crippen molar-refractivity contribution in [2.75, 3.05) is 7.11 Å². The fourth-order valence-electron chi connectivity index (χ4n) is 3.06. The van der Waals surface area contributed by atoms with Gasteiger partial charge < -0.3 is 9.30 Å². The van der Waals surface area contributed by atoms with Gasteiger partial charge in [0.25, 0.3) is 5.56 Å². The number of hydrogen-bond acceptors (Lipinski definition) is 7. The first-order valence-corrected chi connectivity index (χ1v) is 9.93. The van der Waals surface area contributed by atoms with Gasteiger partial charge in [-0.25, -0.2) is 27.3 Å². The van der Waals surface area contributed by atoms with Gasteiger partial charge in [0.15, 0.2) is 5.65 Å². The minimum absolute atomic E-state index is 0.124. The fraction of sp³-hybridized carbons (Fsp3) is 0.111. The van der Waals surface area contributed by atoms with Crippen LogP contribution in [0.5, 0.6) is 5.88 Å². The third-order valence-electron chi connectivity index (χ3n) is 4.49. The first-order chi connectivity index (χ1) is 14.2. The molecule has 3 aromatic heterocycles. The summed E-state index contributed by atoms with van der Waals surface area (Å²) in [6.45, 7) is -0.377. The van der Waals surface area contributed by atoms with Gasteiger partial charge in [-0.15, -0.1) is 0 Å². The Bertz CT molecular complexity index is 1460. The molecule has 0 aliphatic carbocycles. The Morgan fingerprint density at radius 2 is 1.83 bits per heavy atom. The van der Waals surface area contributed by atoms with Gasteiger partial charge in [0.05, 0.1) is 35.8 Å². The molecule has 0 saturated heterocycles. The Balaban J connectivity index is 1.95. The summed E-state index contributed by atoms with van der Waals surface area (Å²) in [4.78, 5) is 23.6. The van der Waals surface area contributed by atoms with Crippen LogP contribution in [0, 0.1) is 11.6 Å². The Labute approximate surface area is 167 Å². The van der Waals surface area contributed by atoms with Crippen LogP contribution in [0.25, 0.3) is 21.9 Å². The molecule has 12 heteroatoms. The number of primary sulfonamides is 1. The molecule has 0 amide bonds. The normalized spacial score (nSPS) is 11.9. The zero-order valence-electron chi connectivity index (χ0n) is 15.3. The number of rotatable bonds is 4. The Hall–Kier alpha value is -3.51. The molecule has 4 rings (SSSR count). The number of benzene rings is 1. The molecule has 0 bridgehead atoms. The molecule has 2 N–H and O–H groups in total. The Morgan fingerprint density at radius 1 is 1.13 bits per heavy atom. The molecule has 3 heterocycles. The summed E-state index contributed by atoms with van der Waals surface area (Å²) in [5.74, 6) is -1.92. The molecule has 0 radical (unpaired) electrons. The third kappa shape index (κ3) is 3.35. The fourth-order valence-corrected chi connectivity index (χ4v) is 3.60. The zero-order chi connectivity index (χ0) is 21.6. The third-order valence-corrected chi connectivity index (χ3v) is 5.38. The van der Waals surface area contributed by atoms with Crippen molar-refractivity contribution in [1.29, 1.82) is 0 Å². The molecule has 4 aromatic rings. The quantitative estimate of drug-likeness (QED) is 0.481. The Morgan fingerprint density at radius 3 is 2.47 bits per heavy atom. The number of nitrogens with zero attached hydrogens (tertiary/aromatic N) is 4. The van der Waals surface area contributed by atoms with E-state index in [0.717, 1.165) is 6.33 Å². The monoisotopic (exact) mass is 433 g/mol. The van der Waals surface area contributed by atoms with Crippen LogP contribution in [-0.2, 0) is 16.6 Å². The highest BCUT2D eigenvalue weighted by molar-refractivity contribution is 7.89. The maximum Gasteiger partial charge on any atom is 0.282 e. The summed E-state index contributed by atoms with van der Waals surface area (Å²) >= 11 is 0. The van der Waals surface area contributed by atoms with E-state index in [-0.39, 0.29) is 17.6 Å². The largest absolute Gasteiger partial charge is 0.481 e. The lowest BCUT2D eigenvalue weighted by molar-refractivity contribution is 0.399. The van der Waals surface area contributed by atoms with Crippen molar-refractivity contribution in [2.24, 2.45) is 5.14 Å². The van der Waals surface area contributed by atoms with Gasteiger partial charge in [-0.05, 0) is 18.2 Å². The van der Waals surface area contributed by atoms with Gasteiger partial charge in [0.1, 0.15) is 11.6 Å². The second-order valence-electron chi connectivity index (χ2n) is 6.33. The molecule has 0 fully saturated rings. The van der Waals surface area contributed by atoms with Crippen LogP contribution in [0.3, 0.4) is 0 Å². The van der Waals surface area contributed by atoms with E-state index in [9.17, 15) is 22.0 Å². The van der Waals surface area contributed by atoms with Gasteiger partial charge in [0.2, 0.25) is 15.9 Å². The number of fused-ring (bicyclic) bond motifs is 3. The summed E-state index contributed by atoms with van der Waals surface area (Å²) in [5, 5.41) is 5.50. The first kappa shape index (κ1) is 19.8. The van der Waals surface area contributed by atoms with E-state index in [1.165, 1.54) is 17.9 Å². The predicted molar refractivity (Wildman–Crippen MR) is 102 cm³/mol. The average molecular weight is 433 g/mol. The van der Waals surface area contributed by atoms with Gasteiger partial charge in [0, 0.05) is 23.2 Å². The van der Waals surface area contributed by atoms with Crippen molar-refractivity contribution in [3.8, 4) is 5.88 Å². The smallest absolute Gasteiger partial charge is 0.282 e. The number of sulfonamides is 1. The van der Waals surface area contributed by atoms with E-state index in [1.807, 2.05) is 0 Å². The first-order valence-electron chi connectivity index (χ1n) is 8.38. The number of methoxy groups -OCH3 is 1. The molecular formula is C18H13F2N5O4S. The molecule has 0 aliphatic rings. The molecule has 0 unspecified atom stereocenters. The maximum atomic E-state index is 14.5. The summed E-state index contributed by atoms with van der Waals surface area (Å²) in [5.41, 5.74) is -0.436. The summed E-state index contributed by atoms with van der Waals surface area (Å²) in [6.07, 6.45) is 2.41. The summed E-state index contributed by atoms with van der Waals surface area (Å²) in [6, 6.07) is 4.44. The minimum atomic E-state index is -4.28. The molecule has 9 nitrogen and oxygen atoms in total. The van der Waals surface area contributed by atoms with E-state index in [4.69, 9.17) is 9.88 Å². The van der Waals surface area contributed by atoms with Gasteiger partial charge in [-0.2, -0.15) is 9.97 Å². The zero-order valence-corrected chi connectivity index (χ0v) is 16.2. The summed E-state index contributed by atoms with van der Waals surface area (Å²) in [7, 11) is -2.85. The second kappa shape index (κ2) is 7.07. The molecule has 0 aliphatic heterocycles. The van der Waals surface area contributed by atoms with Crippen LogP contribution in [0.2, 0.25) is 0 Å². The van der Waals surface area contributed by atoms with E-state index in [0.29, 0.717) is 28.9 Å². The van der Waals surface area contributed by atoms with Gasteiger partial charge in [-0.1, -0.05) is 0 Å². The summed E-state index contributed by atoms with van der Waals surface area (Å²) < 4.78 is 58.2. The van der Waals surface area contributed by atoms with Crippen LogP contribution >= 0.6 is 0 Å². The van der Waals surface area contributed by atoms with Crippen LogP contribution in [0.4, 0.5) is 8.78 Å². The molecular weight excluding hydrogens is 420 g/mol. The lowest BCUT2D eigenvalue weighted by Gasteiger charge is -2.14.